The van der Waals surface area contributed by atoms with Gasteiger partial charge in [0.15, 0.2) is 5.43 Å². The SMILES string of the molecule is CCCCCOc1ccc(C2c3c(oc4c(C)cc(C)cc4c3=O)C(=O)N2CCC)cc1. The largest absolute Gasteiger partial charge is 0.494 e. The first-order valence-electron chi connectivity index (χ1n) is 11.6. The normalized spacial score (nSPS) is 15.4. The van der Waals surface area contributed by atoms with Gasteiger partial charge in [-0.25, -0.2) is 0 Å². The second kappa shape index (κ2) is 9.19. The minimum absolute atomic E-state index is 0.120. The fraction of sp³-hybridized carbons (Fsp3) is 0.407. The van der Waals surface area contributed by atoms with E-state index in [1.807, 2.05) is 57.2 Å². The van der Waals surface area contributed by atoms with Crippen LogP contribution in [-0.4, -0.2) is 24.0 Å². The van der Waals surface area contributed by atoms with Crippen LogP contribution in [0, 0.1) is 13.8 Å². The van der Waals surface area contributed by atoms with Gasteiger partial charge in [0.1, 0.15) is 11.3 Å². The molecule has 0 N–H and O–H groups in total. The highest BCUT2D eigenvalue weighted by Crippen LogP contribution is 2.39. The molecule has 0 bridgehead atoms. The molecule has 3 aromatic rings. The number of ether oxygens (including phenoxy) is 1. The van der Waals surface area contributed by atoms with Crippen LogP contribution in [0.1, 0.15) is 78.4 Å². The molecule has 4 rings (SSSR count). The van der Waals surface area contributed by atoms with E-state index in [1.54, 1.807) is 4.90 Å². The minimum atomic E-state index is -0.451. The Morgan fingerprint density at radius 3 is 2.44 bits per heavy atom. The van der Waals surface area contributed by atoms with Gasteiger partial charge in [-0.2, -0.15) is 0 Å². The van der Waals surface area contributed by atoms with Crippen LogP contribution in [-0.2, 0) is 0 Å². The van der Waals surface area contributed by atoms with Crippen LogP contribution < -0.4 is 10.2 Å². The van der Waals surface area contributed by atoms with E-state index in [1.165, 1.54) is 0 Å². The molecule has 1 atom stereocenters. The van der Waals surface area contributed by atoms with Gasteiger partial charge in [-0.15, -0.1) is 0 Å². The summed E-state index contributed by atoms with van der Waals surface area (Å²) in [6.45, 7) is 9.31. The van der Waals surface area contributed by atoms with E-state index in [4.69, 9.17) is 9.15 Å². The lowest BCUT2D eigenvalue weighted by Gasteiger charge is -2.24. The smallest absolute Gasteiger partial charge is 0.290 e. The number of hydrogen-bond donors (Lipinski definition) is 0. The number of rotatable bonds is 8. The molecule has 5 heteroatoms. The first kappa shape index (κ1) is 22.1. The fourth-order valence-corrected chi connectivity index (χ4v) is 4.58. The van der Waals surface area contributed by atoms with Crippen LogP contribution in [0.15, 0.2) is 45.6 Å². The molecule has 0 saturated carbocycles. The zero-order valence-electron chi connectivity index (χ0n) is 19.4. The number of carbonyl (C=O) groups is 1. The van der Waals surface area contributed by atoms with E-state index in [9.17, 15) is 9.59 Å². The second-order valence-corrected chi connectivity index (χ2v) is 8.66. The van der Waals surface area contributed by atoms with Crippen molar-refractivity contribution in [1.29, 1.82) is 0 Å². The number of unbranched alkanes of at least 4 members (excludes halogenated alkanes) is 2. The highest BCUT2D eigenvalue weighted by Gasteiger charge is 2.42. The van der Waals surface area contributed by atoms with Gasteiger partial charge in [0.25, 0.3) is 5.91 Å². The summed E-state index contributed by atoms with van der Waals surface area (Å²) in [6, 6.07) is 11.1. The molecule has 0 fully saturated rings. The Bertz CT molecular complexity index is 1190. The number of fused-ring (bicyclic) bond motifs is 2. The number of hydrogen-bond acceptors (Lipinski definition) is 4. The molecule has 0 spiro atoms. The Balaban J connectivity index is 1.78. The molecule has 32 heavy (non-hydrogen) atoms. The monoisotopic (exact) mass is 433 g/mol. The summed E-state index contributed by atoms with van der Waals surface area (Å²) in [4.78, 5) is 28.7. The van der Waals surface area contributed by atoms with Gasteiger partial charge in [-0.05, 0) is 61.6 Å². The third kappa shape index (κ3) is 3.92. The van der Waals surface area contributed by atoms with Gasteiger partial charge in [0.05, 0.1) is 23.6 Å². The quantitative estimate of drug-likeness (QED) is 0.413. The van der Waals surface area contributed by atoms with E-state index in [0.29, 0.717) is 29.7 Å². The first-order valence-corrected chi connectivity index (χ1v) is 11.6. The van der Waals surface area contributed by atoms with Crippen molar-refractivity contribution in [1.82, 2.24) is 4.90 Å². The van der Waals surface area contributed by atoms with Gasteiger partial charge in [-0.1, -0.05) is 44.9 Å². The van der Waals surface area contributed by atoms with Gasteiger partial charge in [0.2, 0.25) is 5.76 Å². The Labute approximate surface area is 189 Å². The maximum absolute atomic E-state index is 13.6. The van der Waals surface area contributed by atoms with Crippen molar-refractivity contribution in [3.05, 3.63) is 74.6 Å². The lowest BCUT2D eigenvalue weighted by molar-refractivity contribution is 0.0728. The van der Waals surface area contributed by atoms with Crippen molar-refractivity contribution in [3.63, 3.8) is 0 Å². The molecule has 1 aromatic heterocycles. The number of amides is 1. The average molecular weight is 434 g/mol. The molecular formula is C27H31NO4. The van der Waals surface area contributed by atoms with Crippen molar-refractivity contribution in [2.24, 2.45) is 0 Å². The van der Waals surface area contributed by atoms with E-state index in [0.717, 1.165) is 48.1 Å². The lowest BCUT2D eigenvalue weighted by Crippen LogP contribution is -2.30. The third-order valence-corrected chi connectivity index (χ3v) is 6.07. The van der Waals surface area contributed by atoms with Gasteiger partial charge >= 0.3 is 0 Å². The van der Waals surface area contributed by atoms with Crippen molar-refractivity contribution in [3.8, 4) is 5.75 Å². The predicted octanol–water partition coefficient (Wildman–Crippen LogP) is 5.93. The van der Waals surface area contributed by atoms with Crippen LogP contribution in [0.4, 0.5) is 0 Å². The van der Waals surface area contributed by atoms with Gasteiger partial charge in [0, 0.05) is 6.54 Å². The molecule has 0 aliphatic carbocycles. The zero-order valence-corrected chi connectivity index (χ0v) is 19.4. The lowest BCUT2D eigenvalue weighted by atomic mass is 9.97. The van der Waals surface area contributed by atoms with E-state index >= 15 is 0 Å². The maximum Gasteiger partial charge on any atom is 0.290 e. The molecule has 1 aliphatic rings. The highest BCUT2D eigenvalue weighted by atomic mass is 16.5. The van der Waals surface area contributed by atoms with E-state index in [-0.39, 0.29) is 17.1 Å². The highest BCUT2D eigenvalue weighted by molar-refractivity contribution is 5.99. The summed E-state index contributed by atoms with van der Waals surface area (Å²) in [5, 5.41) is 0.535. The maximum atomic E-state index is 13.6. The van der Waals surface area contributed by atoms with Gasteiger partial charge < -0.3 is 14.1 Å². The van der Waals surface area contributed by atoms with Crippen molar-refractivity contribution >= 4 is 16.9 Å². The number of aryl methyl sites for hydroxylation is 2. The second-order valence-electron chi connectivity index (χ2n) is 8.66. The summed E-state index contributed by atoms with van der Waals surface area (Å²) < 4.78 is 11.9. The average Bonchev–Trinajstić information content (AvgIpc) is 3.05. The zero-order chi connectivity index (χ0) is 22.8. The summed E-state index contributed by atoms with van der Waals surface area (Å²) in [5.74, 6) is 0.756. The van der Waals surface area contributed by atoms with Crippen LogP contribution in [0.5, 0.6) is 5.75 Å². The Kier molecular flexibility index (Phi) is 6.35. The third-order valence-electron chi connectivity index (χ3n) is 6.07. The molecule has 1 aliphatic heterocycles. The van der Waals surface area contributed by atoms with Crippen LogP contribution in [0.2, 0.25) is 0 Å². The Morgan fingerprint density at radius 2 is 1.75 bits per heavy atom. The number of nitrogens with zero attached hydrogens (tertiary/aromatic N) is 1. The number of carbonyl (C=O) groups excluding carboxylic acids is 1. The van der Waals surface area contributed by atoms with Crippen LogP contribution >= 0.6 is 0 Å². The standard InChI is InChI=1S/C27H31NO4/c1-5-7-8-14-31-20-11-9-19(10-12-20)23-22-24(29)21-16-17(3)15-18(4)25(21)32-26(22)27(30)28(23)13-6-2/h9-12,15-16,23H,5-8,13-14H2,1-4H3. The Morgan fingerprint density at radius 1 is 1.00 bits per heavy atom. The molecule has 2 aromatic carbocycles. The molecule has 0 saturated heterocycles. The predicted molar refractivity (Wildman–Crippen MR) is 127 cm³/mol. The fourth-order valence-electron chi connectivity index (χ4n) is 4.58. The van der Waals surface area contributed by atoms with Crippen LogP contribution in [0.3, 0.4) is 0 Å². The van der Waals surface area contributed by atoms with Crippen molar-refractivity contribution in [2.45, 2.75) is 59.4 Å². The molecular weight excluding hydrogens is 402 g/mol. The molecule has 1 amide bonds. The molecule has 168 valence electrons. The van der Waals surface area contributed by atoms with Crippen molar-refractivity contribution in [2.75, 3.05) is 13.2 Å². The molecule has 0 radical (unpaired) electrons. The minimum Gasteiger partial charge on any atom is -0.494 e. The van der Waals surface area contributed by atoms with Crippen LogP contribution in [0.25, 0.3) is 11.0 Å². The topological polar surface area (TPSA) is 59.8 Å². The summed E-state index contributed by atoms with van der Waals surface area (Å²) in [6.07, 6.45) is 4.12. The summed E-state index contributed by atoms with van der Waals surface area (Å²) >= 11 is 0. The van der Waals surface area contributed by atoms with E-state index < -0.39 is 6.04 Å². The van der Waals surface area contributed by atoms with E-state index in [2.05, 4.69) is 6.92 Å². The first-order chi connectivity index (χ1) is 15.5. The summed E-state index contributed by atoms with van der Waals surface area (Å²) in [5.41, 5.74) is 3.58. The number of benzene rings is 2. The molecule has 2 heterocycles. The van der Waals surface area contributed by atoms with Gasteiger partial charge in [-0.3, -0.25) is 9.59 Å². The summed E-state index contributed by atoms with van der Waals surface area (Å²) in [7, 11) is 0. The molecule has 1 unspecified atom stereocenters. The Hall–Kier alpha value is -3.08. The van der Waals surface area contributed by atoms with Crippen molar-refractivity contribution < 1.29 is 13.9 Å². The molecule has 5 nitrogen and oxygen atoms in total.